The first-order chi connectivity index (χ1) is 10.3. The highest BCUT2D eigenvalue weighted by molar-refractivity contribution is 9.10. The van der Waals surface area contributed by atoms with Gasteiger partial charge in [-0.05, 0) is 28.1 Å². The third-order valence-corrected chi connectivity index (χ3v) is 5.51. The normalized spacial score (nSPS) is 11.4. The van der Waals surface area contributed by atoms with Crippen LogP contribution in [-0.4, -0.2) is 27.9 Å². The minimum atomic E-state index is -3.92. The van der Waals surface area contributed by atoms with Gasteiger partial charge in [0.15, 0.2) is 0 Å². The lowest BCUT2D eigenvalue weighted by atomic mass is 10.1. The minimum absolute atomic E-state index is 0. The molecule has 3 aromatic rings. The fourth-order valence-electron chi connectivity index (χ4n) is 1.80. The summed E-state index contributed by atoms with van der Waals surface area (Å²) < 4.78 is 24.2. The number of nitro groups is 1. The van der Waals surface area contributed by atoms with Gasteiger partial charge in [0.2, 0.25) is 9.30 Å². The van der Waals surface area contributed by atoms with E-state index in [4.69, 9.17) is 5.14 Å². The number of sulfonamides is 1. The van der Waals surface area contributed by atoms with Crippen molar-refractivity contribution in [3.05, 3.63) is 39.0 Å². The number of rotatable bonds is 3. The summed E-state index contributed by atoms with van der Waals surface area (Å²) in [5.74, 6) is 0. The predicted molar refractivity (Wildman–Crippen MR) is 92.3 cm³/mol. The zero-order valence-electron chi connectivity index (χ0n) is 10.9. The molecule has 0 aliphatic heterocycles. The molecule has 0 amide bonds. The Morgan fingerprint density at radius 3 is 2.43 bits per heavy atom. The molecule has 23 heavy (non-hydrogen) atoms. The van der Waals surface area contributed by atoms with Gasteiger partial charge in [-0.1, -0.05) is 11.3 Å². The average molecular weight is 485 g/mol. The fraction of sp³-hybridized carbons (Fsp3) is 0. The van der Waals surface area contributed by atoms with E-state index in [2.05, 4.69) is 26.0 Å². The number of nitrogens with zero attached hydrogens (tertiary/aromatic N) is 4. The van der Waals surface area contributed by atoms with E-state index in [0.717, 1.165) is 11.3 Å². The van der Waals surface area contributed by atoms with Crippen LogP contribution in [0.2, 0.25) is 0 Å². The quantitative estimate of drug-likeness (QED) is 0.448. The maximum absolute atomic E-state index is 11.4. The van der Waals surface area contributed by atoms with Crippen molar-refractivity contribution in [3.8, 4) is 11.3 Å². The minimum Gasteiger partial charge on any atom is -0.258 e. The van der Waals surface area contributed by atoms with E-state index < -0.39 is 14.9 Å². The van der Waals surface area contributed by atoms with Crippen molar-refractivity contribution in [3.63, 3.8) is 0 Å². The first-order valence-electron chi connectivity index (χ1n) is 5.60. The number of primary sulfonamides is 1. The molecule has 122 valence electrons. The Labute approximate surface area is 152 Å². The molecule has 0 bridgehead atoms. The van der Waals surface area contributed by atoms with E-state index in [1.807, 2.05) is 0 Å². The number of hydrogen-bond donors (Lipinski definition) is 1. The highest BCUT2D eigenvalue weighted by Crippen LogP contribution is 2.32. The maximum atomic E-state index is 11.4. The number of halogens is 2. The van der Waals surface area contributed by atoms with Crippen molar-refractivity contribution in [2.75, 3.05) is 0 Å². The van der Waals surface area contributed by atoms with Crippen molar-refractivity contribution < 1.29 is 13.3 Å². The molecule has 0 aliphatic rings. The number of nitrogens with two attached hydrogens (primary N) is 1. The van der Waals surface area contributed by atoms with E-state index >= 15 is 0 Å². The van der Waals surface area contributed by atoms with Crippen LogP contribution in [0.15, 0.2) is 33.2 Å². The van der Waals surface area contributed by atoms with Gasteiger partial charge >= 0.3 is 0 Å². The maximum Gasteiger partial charge on any atom is 0.269 e. The highest BCUT2D eigenvalue weighted by Gasteiger charge is 2.21. The van der Waals surface area contributed by atoms with E-state index in [9.17, 15) is 18.5 Å². The zero-order valence-corrected chi connectivity index (χ0v) is 15.8. The second kappa shape index (κ2) is 6.24. The van der Waals surface area contributed by atoms with Gasteiger partial charge in [-0.25, -0.2) is 23.1 Å². The summed E-state index contributed by atoms with van der Waals surface area (Å²) in [6.07, 6.45) is 0. The lowest BCUT2D eigenvalue weighted by Crippen LogP contribution is -2.12. The number of hydrogen-bond acceptors (Lipinski definition) is 7. The fourth-order valence-corrected chi connectivity index (χ4v) is 4.00. The first-order valence-corrected chi connectivity index (χ1v) is 8.75. The number of nitro benzene ring substituents is 1. The molecule has 0 unspecified atom stereocenters. The first kappa shape index (κ1) is 17.9. The molecule has 13 heteroatoms. The summed E-state index contributed by atoms with van der Waals surface area (Å²) in [6.45, 7) is 0. The van der Waals surface area contributed by atoms with Crippen LogP contribution < -0.4 is 5.14 Å². The number of imidazole rings is 1. The lowest BCUT2D eigenvalue weighted by molar-refractivity contribution is -0.384. The second-order valence-electron chi connectivity index (χ2n) is 4.16. The van der Waals surface area contributed by atoms with Crippen LogP contribution in [0.3, 0.4) is 0 Å². The molecule has 2 N–H and O–H groups in total. The molecule has 0 spiro atoms. The van der Waals surface area contributed by atoms with Crippen molar-refractivity contribution in [2.45, 2.75) is 4.34 Å². The third kappa shape index (κ3) is 3.28. The Balaban J connectivity index is 0.00000192. The summed E-state index contributed by atoms with van der Waals surface area (Å²) >= 11 is 4.10. The monoisotopic (exact) mass is 483 g/mol. The largest absolute Gasteiger partial charge is 0.269 e. The van der Waals surface area contributed by atoms with Crippen LogP contribution >= 0.6 is 44.2 Å². The summed E-state index contributed by atoms with van der Waals surface area (Å²) in [5.41, 5.74) is 1.02. The van der Waals surface area contributed by atoms with Crippen molar-refractivity contribution in [1.29, 1.82) is 0 Å². The molecule has 9 nitrogen and oxygen atoms in total. The van der Waals surface area contributed by atoms with Gasteiger partial charge in [0, 0.05) is 17.7 Å². The predicted octanol–water partition coefficient (Wildman–Crippen LogP) is 2.35. The molecule has 2 heterocycles. The van der Waals surface area contributed by atoms with Crippen LogP contribution in [0.1, 0.15) is 0 Å². The molecule has 1 aromatic carbocycles. The van der Waals surface area contributed by atoms with Gasteiger partial charge in [-0.2, -0.15) is 0 Å². The Morgan fingerprint density at radius 2 is 1.91 bits per heavy atom. The number of aromatic nitrogens is 3. The van der Waals surface area contributed by atoms with E-state index in [-0.39, 0.29) is 27.0 Å². The summed E-state index contributed by atoms with van der Waals surface area (Å²) in [6, 6.07) is 5.74. The second-order valence-corrected chi connectivity index (χ2v) is 7.60. The molecule has 2 aromatic heterocycles. The van der Waals surface area contributed by atoms with Crippen LogP contribution in [0, 0.1) is 10.1 Å². The van der Waals surface area contributed by atoms with E-state index in [0.29, 0.717) is 20.8 Å². The Morgan fingerprint density at radius 1 is 1.30 bits per heavy atom. The summed E-state index contributed by atoms with van der Waals surface area (Å²) in [7, 11) is -3.92. The van der Waals surface area contributed by atoms with Crippen LogP contribution in [-0.2, 0) is 10.0 Å². The molecule has 0 fully saturated rings. The summed E-state index contributed by atoms with van der Waals surface area (Å²) in [4.78, 5) is 14.7. The van der Waals surface area contributed by atoms with Crippen molar-refractivity contribution in [2.24, 2.45) is 5.14 Å². The highest BCUT2D eigenvalue weighted by atomic mass is 79.9. The number of fused-ring (bicyclic) bond motifs is 1. The van der Waals surface area contributed by atoms with Crippen molar-refractivity contribution >= 4 is 64.9 Å². The third-order valence-electron chi connectivity index (χ3n) is 2.74. The van der Waals surface area contributed by atoms with Crippen molar-refractivity contribution in [1.82, 2.24) is 14.6 Å². The lowest BCUT2D eigenvalue weighted by Gasteiger charge is -1.99. The molecule has 0 saturated heterocycles. The smallest absolute Gasteiger partial charge is 0.258 e. The average Bonchev–Trinajstić information content (AvgIpc) is 2.95. The van der Waals surface area contributed by atoms with Crippen LogP contribution in [0.5, 0.6) is 0 Å². The number of benzene rings is 1. The topological polar surface area (TPSA) is 133 Å². The van der Waals surface area contributed by atoms with Gasteiger partial charge < -0.3 is 0 Å². The molecule has 0 atom stereocenters. The van der Waals surface area contributed by atoms with Gasteiger partial charge in [0.1, 0.15) is 10.3 Å². The molecular formula is C10H7Br2N5O4S2. The van der Waals surface area contributed by atoms with Gasteiger partial charge in [0.05, 0.1) is 4.92 Å². The molecule has 0 saturated carbocycles. The molecule has 0 radical (unpaired) electrons. The Hall–Kier alpha value is -1.41. The molecular weight excluding hydrogens is 478 g/mol. The van der Waals surface area contributed by atoms with Gasteiger partial charge in [-0.15, -0.1) is 22.1 Å². The van der Waals surface area contributed by atoms with E-state index in [1.165, 1.54) is 28.8 Å². The number of non-ortho nitro benzene ring substituents is 1. The van der Waals surface area contributed by atoms with E-state index in [1.54, 1.807) is 0 Å². The van der Waals surface area contributed by atoms with Crippen LogP contribution in [0.4, 0.5) is 5.69 Å². The standard InChI is InChI=1S/C10H6BrN5O4S2.BrH/c11-8-7(5-1-3-6(4-2-5)16(17)18)15-9(13-8)21-10(14-15)22(12,19)20;/h1-4H,(H2,12,19,20);1H. The van der Waals surface area contributed by atoms with Crippen LogP contribution in [0.25, 0.3) is 16.2 Å². The molecule has 3 rings (SSSR count). The zero-order chi connectivity index (χ0) is 16.1. The van der Waals surface area contributed by atoms with Gasteiger partial charge in [0.25, 0.3) is 15.7 Å². The Bertz CT molecular complexity index is 996. The molecule has 0 aliphatic carbocycles. The van der Waals surface area contributed by atoms with Gasteiger partial charge in [-0.3, -0.25) is 10.1 Å². The summed E-state index contributed by atoms with van der Waals surface area (Å²) in [5, 5.41) is 19.7. The Kier molecular flexibility index (Phi) is 4.86. The SMILES string of the molecule is Br.NS(=O)(=O)c1nn2c(-c3ccc([N+](=O)[O-])cc3)c(Br)nc2s1.